The molecule has 2 saturated heterocycles. The van der Waals surface area contributed by atoms with Crippen molar-refractivity contribution in [3.63, 3.8) is 0 Å². The lowest BCUT2D eigenvalue weighted by Crippen LogP contribution is -2.52. The lowest BCUT2D eigenvalue weighted by molar-refractivity contribution is -0.142. The Morgan fingerprint density at radius 3 is 2.35 bits per heavy atom. The lowest BCUT2D eigenvalue weighted by atomic mass is 10.2. The number of halogens is 1. The number of amides is 1. The maximum absolute atomic E-state index is 12.6. The molecule has 0 unspecified atom stereocenters. The average Bonchev–Trinajstić information content (AvgIpc) is 3.09. The molecule has 1 aromatic carbocycles. The second-order valence-electron chi connectivity index (χ2n) is 5.68. The third kappa shape index (κ3) is 3.52. The number of carbonyl (C=O) groups excluding carboxylic acids is 1. The Morgan fingerprint density at radius 1 is 1.13 bits per heavy atom. The van der Waals surface area contributed by atoms with Crippen LogP contribution in [-0.2, 0) is 19.6 Å². The highest BCUT2D eigenvalue weighted by molar-refractivity contribution is 7.89. The van der Waals surface area contributed by atoms with Gasteiger partial charge in [0, 0.05) is 37.8 Å². The quantitative estimate of drug-likeness (QED) is 0.818. The highest BCUT2D eigenvalue weighted by atomic mass is 35.5. The third-order valence-electron chi connectivity index (χ3n) is 4.21. The van der Waals surface area contributed by atoms with Gasteiger partial charge in [0.15, 0.2) is 0 Å². The molecule has 0 spiro atoms. The summed E-state index contributed by atoms with van der Waals surface area (Å²) in [6.45, 7) is 2.01. The summed E-state index contributed by atoms with van der Waals surface area (Å²) in [6, 6.07) is 6.13. The Bertz CT molecular complexity index is 663. The minimum absolute atomic E-state index is 0.0222. The lowest BCUT2D eigenvalue weighted by Gasteiger charge is -2.35. The molecular formula is C15H19ClN2O4S. The van der Waals surface area contributed by atoms with Gasteiger partial charge in [-0.2, -0.15) is 4.31 Å². The molecule has 126 valence electrons. The van der Waals surface area contributed by atoms with Crippen molar-refractivity contribution in [2.75, 3.05) is 32.8 Å². The van der Waals surface area contributed by atoms with Crippen molar-refractivity contribution >= 4 is 27.5 Å². The van der Waals surface area contributed by atoms with Gasteiger partial charge in [0.05, 0.1) is 4.90 Å². The first kappa shape index (κ1) is 16.7. The second-order valence-corrected chi connectivity index (χ2v) is 8.06. The Morgan fingerprint density at radius 2 is 1.78 bits per heavy atom. The van der Waals surface area contributed by atoms with Gasteiger partial charge in [0.25, 0.3) is 5.91 Å². The summed E-state index contributed by atoms with van der Waals surface area (Å²) in [5, 5.41) is 0.496. The molecule has 1 amide bonds. The first-order valence-corrected chi connectivity index (χ1v) is 9.46. The highest BCUT2D eigenvalue weighted by Gasteiger charge is 2.33. The summed E-state index contributed by atoms with van der Waals surface area (Å²) in [5.74, 6) is -0.0222. The molecule has 2 heterocycles. The van der Waals surface area contributed by atoms with E-state index in [2.05, 4.69) is 0 Å². The molecule has 2 fully saturated rings. The number of piperazine rings is 1. The zero-order valence-electron chi connectivity index (χ0n) is 12.7. The number of hydrogen-bond donors (Lipinski definition) is 0. The number of ether oxygens (including phenoxy) is 1. The first-order chi connectivity index (χ1) is 11.0. The molecule has 23 heavy (non-hydrogen) atoms. The van der Waals surface area contributed by atoms with E-state index in [0.29, 0.717) is 37.8 Å². The van der Waals surface area contributed by atoms with E-state index in [9.17, 15) is 13.2 Å². The summed E-state index contributed by atoms with van der Waals surface area (Å²) in [5.41, 5.74) is 0. The van der Waals surface area contributed by atoms with Crippen LogP contribution in [0.5, 0.6) is 0 Å². The zero-order valence-corrected chi connectivity index (χ0v) is 14.2. The fraction of sp³-hybridized carbons (Fsp3) is 0.533. The second kappa shape index (κ2) is 6.76. The molecule has 0 aromatic heterocycles. The molecule has 0 saturated carbocycles. The molecule has 8 heteroatoms. The van der Waals surface area contributed by atoms with Gasteiger partial charge in [0.1, 0.15) is 6.10 Å². The van der Waals surface area contributed by atoms with Crippen molar-refractivity contribution in [2.45, 2.75) is 23.8 Å². The van der Waals surface area contributed by atoms with Gasteiger partial charge in [0.2, 0.25) is 10.0 Å². The molecule has 1 atom stereocenters. The third-order valence-corrected chi connectivity index (χ3v) is 6.37. The van der Waals surface area contributed by atoms with Crippen LogP contribution in [-0.4, -0.2) is 62.4 Å². The number of rotatable bonds is 3. The minimum Gasteiger partial charge on any atom is -0.368 e. The fourth-order valence-electron chi connectivity index (χ4n) is 2.88. The van der Waals surface area contributed by atoms with Gasteiger partial charge < -0.3 is 9.64 Å². The molecule has 0 aliphatic carbocycles. The van der Waals surface area contributed by atoms with Crippen molar-refractivity contribution in [2.24, 2.45) is 0 Å². The highest BCUT2D eigenvalue weighted by Crippen LogP contribution is 2.21. The van der Waals surface area contributed by atoms with Crippen molar-refractivity contribution in [1.29, 1.82) is 0 Å². The molecule has 2 aliphatic rings. The molecule has 0 bridgehead atoms. The smallest absolute Gasteiger partial charge is 0.251 e. The van der Waals surface area contributed by atoms with E-state index < -0.39 is 10.0 Å². The van der Waals surface area contributed by atoms with Crippen LogP contribution in [0.4, 0.5) is 0 Å². The van der Waals surface area contributed by atoms with E-state index in [1.54, 1.807) is 17.0 Å². The van der Waals surface area contributed by atoms with Crippen molar-refractivity contribution < 1.29 is 17.9 Å². The van der Waals surface area contributed by atoms with Crippen molar-refractivity contribution in [3.8, 4) is 0 Å². The van der Waals surface area contributed by atoms with Crippen molar-refractivity contribution in [3.05, 3.63) is 29.3 Å². The van der Waals surface area contributed by atoms with E-state index in [1.807, 2.05) is 0 Å². The van der Waals surface area contributed by atoms with E-state index in [4.69, 9.17) is 16.3 Å². The maximum Gasteiger partial charge on any atom is 0.251 e. The van der Waals surface area contributed by atoms with Crippen LogP contribution in [0.3, 0.4) is 0 Å². The van der Waals surface area contributed by atoms with Gasteiger partial charge in [-0.1, -0.05) is 11.6 Å². The van der Waals surface area contributed by atoms with Crippen LogP contribution < -0.4 is 0 Å². The SMILES string of the molecule is O=C([C@@H]1CCCO1)N1CCN(S(=O)(=O)c2ccc(Cl)cc2)CC1. The summed E-state index contributed by atoms with van der Waals surface area (Å²) in [7, 11) is -3.54. The topological polar surface area (TPSA) is 66.9 Å². The summed E-state index contributed by atoms with van der Waals surface area (Å²) in [4.78, 5) is 14.2. The first-order valence-electron chi connectivity index (χ1n) is 7.64. The van der Waals surface area contributed by atoms with Gasteiger partial charge in [-0.25, -0.2) is 8.42 Å². The van der Waals surface area contributed by atoms with E-state index in [0.717, 1.165) is 12.8 Å². The van der Waals surface area contributed by atoms with Crippen LogP contribution in [0, 0.1) is 0 Å². The van der Waals surface area contributed by atoms with Crippen LogP contribution in [0.2, 0.25) is 5.02 Å². The molecule has 2 aliphatic heterocycles. The van der Waals surface area contributed by atoms with E-state index >= 15 is 0 Å². The summed E-state index contributed by atoms with van der Waals surface area (Å²) >= 11 is 5.80. The average molecular weight is 359 g/mol. The Balaban J connectivity index is 1.64. The number of benzene rings is 1. The Hall–Kier alpha value is -1.15. The fourth-order valence-corrected chi connectivity index (χ4v) is 4.43. The standard InChI is InChI=1S/C15H19ClN2O4S/c16-12-3-5-13(6-4-12)23(20,21)18-9-7-17(8-10-18)15(19)14-2-1-11-22-14/h3-6,14H,1-2,7-11H2/t14-/m0/s1. The number of carbonyl (C=O) groups is 1. The van der Waals surface area contributed by atoms with Gasteiger partial charge in [-0.05, 0) is 37.1 Å². The monoisotopic (exact) mass is 358 g/mol. The molecule has 0 radical (unpaired) electrons. The summed E-state index contributed by atoms with van der Waals surface area (Å²) in [6.07, 6.45) is 1.30. The Labute approximate surface area is 141 Å². The molecule has 1 aromatic rings. The van der Waals surface area contributed by atoms with Crippen LogP contribution in [0.1, 0.15) is 12.8 Å². The van der Waals surface area contributed by atoms with Crippen LogP contribution in [0.15, 0.2) is 29.2 Å². The molecular weight excluding hydrogens is 340 g/mol. The van der Waals surface area contributed by atoms with Crippen LogP contribution >= 0.6 is 11.6 Å². The van der Waals surface area contributed by atoms with Gasteiger partial charge in [-0.15, -0.1) is 0 Å². The largest absolute Gasteiger partial charge is 0.368 e. The predicted molar refractivity (Wildman–Crippen MR) is 85.8 cm³/mol. The number of hydrogen-bond acceptors (Lipinski definition) is 4. The number of nitrogens with zero attached hydrogens (tertiary/aromatic N) is 2. The summed E-state index contributed by atoms with van der Waals surface area (Å²) < 4.78 is 32.0. The van der Waals surface area contributed by atoms with Crippen molar-refractivity contribution in [1.82, 2.24) is 9.21 Å². The molecule has 6 nitrogen and oxygen atoms in total. The van der Waals surface area contributed by atoms with Gasteiger partial charge >= 0.3 is 0 Å². The molecule has 3 rings (SSSR count). The Kier molecular flexibility index (Phi) is 4.91. The normalized spacial score (nSPS) is 23.2. The zero-order chi connectivity index (χ0) is 16.4. The molecule has 0 N–H and O–H groups in total. The van der Waals surface area contributed by atoms with E-state index in [1.165, 1.54) is 16.4 Å². The van der Waals surface area contributed by atoms with E-state index in [-0.39, 0.29) is 16.9 Å². The van der Waals surface area contributed by atoms with Crippen LogP contribution in [0.25, 0.3) is 0 Å². The maximum atomic E-state index is 12.6. The predicted octanol–water partition coefficient (Wildman–Crippen LogP) is 1.35. The minimum atomic E-state index is -3.54. The van der Waals surface area contributed by atoms with Gasteiger partial charge in [-0.3, -0.25) is 4.79 Å². The number of sulfonamides is 1.